The topological polar surface area (TPSA) is 90.9 Å². The number of allylic oxidation sites excluding steroid dienone is 2. The van der Waals surface area contributed by atoms with E-state index in [4.69, 9.17) is 0 Å². The van der Waals surface area contributed by atoms with Crippen LogP contribution in [0.15, 0.2) is 84.9 Å². The molecule has 0 saturated heterocycles. The van der Waals surface area contributed by atoms with Crippen molar-refractivity contribution in [3.05, 3.63) is 106 Å². The van der Waals surface area contributed by atoms with Crippen LogP contribution in [-0.2, 0) is 4.79 Å². The molecule has 7 nitrogen and oxygen atoms in total. The second-order valence-electron chi connectivity index (χ2n) is 7.57. The van der Waals surface area contributed by atoms with Crippen LogP contribution in [0.1, 0.15) is 29.5 Å². The van der Waals surface area contributed by atoms with Crippen LogP contribution in [0.5, 0.6) is 0 Å². The number of nitrogens with zero attached hydrogens (tertiary/aromatic N) is 4. The second kappa shape index (κ2) is 7.60. The van der Waals surface area contributed by atoms with E-state index in [1.54, 1.807) is 22.9 Å². The molecular formula is C24H18N4O3. The van der Waals surface area contributed by atoms with Crippen molar-refractivity contribution in [1.82, 2.24) is 15.0 Å². The molecule has 0 amide bonds. The molecule has 1 heterocycles. The van der Waals surface area contributed by atoms with E-state index in [1.165, 1.54) is 6.07 Å². The summed E-state index contributed by atoms with van der Waals surface area (Å²) < 4.78 is 1.65. The highest BCUT2D eigenvalue weighted by Crippen LogP contribution is 2.43. The standard InChI is InChI=1S/C24H18N4O3/c29-23-15-18(16-7-2-1-3-8-16)14-20(17-9-6-10-19(13-17)28(30)31)24(23)27-22-12-5-4-11-21(22)25-26-27/h1-13,15,20,24H,14H2/t20-,24-/m0/s1. The van der Waals surface area contributed by atoms with E-state index in [-0.39, 0.29) is 17.4 Å². The van der Waals surface area contributed by atoms with E-state index in [9.17, 15) is 14.9 Å². The Morgan fingerprint density at radius 2 is 1.74 bits per heavy atom. The predicted molar refractivity (Wildman–Crippen MR) is 116 cm³/mol. The molecule has 1 aliphatic carbocycles. The normalized spacial score (nSPS) is 18.7. The molecule has 1 aliphatic rings. The lowest BCUT2D eigenvalue weighted by Crippen LogP contribution is -2.29. The molecule has 0 spiro atoms. The molecule has 0 aliphatic heterocycles. The van der Waals surface area contributed by atoms with Crippen LogP contribution in [-0.4, -0.2) is 25.7 Å². The van der Waals surface area contributed by atoms with Gasteiger partial charge in [0.1, 0.15) is 11.6 Å². The molecule has 31 heavy (non-hydrogen) atoms. The fourth-order valence-corrected chi connectivity index (χ4v) is 4.27. The minimum Gasteiger partial charge on any atom is -0.292 e. The molecule has 2 atom stereocenters. The summed E-state index contributed by atoms with van der Waals surface area (Å²) in [5.74, 6) is -0.421. The van der Waals surface area contributed by atoms with Crippen molar-refractivity contribution in [2.75, 3.05) is 0 Å². The van der Waals surface area contributed by atoms with Crippen molar-refractivity contribution in [1.29, 1.82) is 0 Å². The molecule has 152 valence electrons. The van der Waals surface area contributed by atoms with Gasteiger partial charge < -0.3 is 0 Å². The Kier molecular flexibility index (Phi) is 4.63. The zero-order chi connectivity index (χ0) is 21.4. The lowest BCUT2D eigenvalue weighted by Gasteiger charge is -2.31. The van der Waals surface area contributed by atoms with Crippen molar-refractivity contribution >= 4 is 28.1 Å². The number of hydrogen-bond donors (Lipinski definition) is 0. The Morgan fingerprint density at radius 1 is 0.968 bits per heavy atom. The number of fused-ring (bicyclic) bond motifs is 1. The number of benzene rings is 3. The van der Waals surface area contributed by atoms with Crippen LogP contribution in [0, 0.1) is 10.1 Å². The number of carbonyl (C=O) groups is 1. The van der Waals surface area contributed by atoms with Crippen molar-refractivity contribution in [3.63, 3.8) is 0 Å². The quantitative estimate of drug-likeness (QED) is 0.359. The predicted octanol–water partition coefficient (Wildman–Crippen LogP) is 4.72. The van der Waals surface area contributed by atoms with Crippen molar-refractivity contribution in [3.8, 4) is 0 Å². The molecule has 0 bridgehead atoms. The van der Waals surface area contributed by atoms with E-state index >= 15 is 0 Å². The molecule has 0 saturated carbocycles. The lowest BCUT2D eigenvalue weighted by atomic mass is 9.77. The fraction of sp³-hybridized carbons (Fsp3) is 0.125. The highest BCUT2D eigenvalue weighted by atomic mass is 16.6. The van der Waals surface area contributed by atoms with E-state index in [0.29, 0.717) is 11.9 Å². The first-order valence-corrected chi connectivity index (χ1v) is 9.96. The Hall–Kier alpha value is -4.13. The minimum atomic E-state index is -0.637. The van der Waals surface area contributed by atoms with Gasteiger partial charge in [0.05, 0.1) is 10.4 Å². The number of non-ortho nitro benzene ring substituents is 1. The van der Waals surface area contributed by atoms with Gasteiger partial charge in [0.2, 0.25) is 0 Å². The van der Waals surface area contributed by atoms with E-state index in [2.05, 4.69) is 10.3 Å². The third-order valence-electron chi connectivity index (χ3n) is 5.72. The van der Waals surface area contributed by atoms with Crippen molar-refractivity contribution < 1.29 is 9.72 Å². The van der Waals surface area contributed by atoms with E-state index in [0.717, 1.165) is 22.2 Å². The summed E-state index contributed by atoms with van der Waals surface area (Å²) >= 11 is 0. The summed E-state index contributed by atoms with van der Waals surface area (Å²) in [6.07, 6.45) is 2.22. The summed E-state index contributed by atoms with van der Waals surface area (Å²) in [5, 5.41) is 19.9. The Morgan fingerprint density at radius 3 is 2.55 bits per heavy atom. The second-order valence-corrected chi connectivity index (χ2v) is 7.57. The Balaban J connectivity index is 1.67. The number of para-hydroxylation sites is 1. The average Bonchev–Trinajstić information content (AvgIpc) is 3.23. The average molecular weight is 410 g/mol. The van der Waals surface area contributed by atoms with Gasteiger partial charge in [-0.1, -0.05) is 59.8 Å². The monoisotopic (exact) mass is 410 g/mol. The van der Waals surface area contributed by atoms with Gasteiger partial charge in [-0.3, -0.25) is 14.9 Å². The minimum absolute atomic E-state index is 0.00274. The van der Waals surface area contributed by atoms with Crippen LogP contribution < -0.4 is 0 Å². The smallest absolute Gasteiger partial charge is 0.269 e. The molecule has 0 fully saturated rings. The summed E-state index contributed by atoms with van der Waals surface area (Å²) in [7, 11) is 0. The summed E-state index contributed by atoms with van der Waals surface area (Å²) in [4.78, 5) is 24.4. The SMILES string of the molecule is O=C1C=C(c2ccccc2)C[C@@H](c2cccc([N+](=O)[O-])c2)[C@@H]1n1nnc2ccccc21. The van der Waals surface area contributed by atoms with Crippen molar-refractivity contribution in [2.45, 2.75) is 18.4 Å². The summed E-state index contributed by atoms with van der Waals surface area (Å²) in [6.45, 7) is 0. The van der Waals surface area contributed by atoms with Gasteiger partial charge >= 0.3 is 0 Å². The third-order valence-corrected chi connectivity index (χ3v) is 5.72. The number of rotatable bonds is 4. The number of ketones is 1. The number of carbonyl (C=O) groups excluding carboxylic acids is 1. The number of nitro benzene ring substituents is 1. The van der Waals surface area contributed by atoms with Crippen LogP contribution >= 0.6 is 0 Å². The molecule has 7 heteroatoms. The van der Waals surface area contributed by atoms with Gasteiger partial charge in [-0.15, -0.1) is 5.10 Å². The maximum absolute atomic E-state index is 13.4. The first-order valence-electron chi connectivity index (χ1n) is 9.96. The van der Waals surface area contributed by atoms with Crippen LogP contribution in [0.25, 0.3) is 16.6 Å². The first kappa shape index (κ1) is 18.9. The summed E-state index contributed by atoms with van der Waals surface area (Å²) in [6, 6.07) is 23.1. The Bertz CT molecular complexity index is 1330. The van der Waals surface area contributed by atoms with E-state index in [1.807, 2.05) is 60.7 Å². The van der Waals surface area contributed by atoms with E-state index < -0.39 is 11.0 Å². The van der Waals surface area contributed by atoms with Gasteiger partial charge in [0.25, 0.3) is 5.69 Å². The molecule has 5 rings (SSSR count). The van der Waals surface area contributed by atoms with Gasteiger partial charge in [0, 0.05) is 18.1 Å². The number of aromatic nitrogens is 3. The zero-order valence-corrected chi connectivity index (χ0v) is 16.5. The molecule has 3 aromatic carbocycles. The van der Waals surface area contributed by atoms with Crippen LogP contribution in [0.2, 0.25) is 0 Å². The summed E-state index contributed by atoms with van der Waals surface area (Å²) in [5.41, 5.74) is 4.06. The van der Waals surface area contributed by atoms with Crippen LogP contribution in [0.4, 0.5) is 5.69 Å². The molecule has 0 unspecified atom stereocenters. The third kappa shape index (κ3) is 3.40. The highest BCUT2D eigenvalue weighted by molar-refractivity contribution is 6.02. The van der Waals surface area contributed by atoms with Gasteiger partial charge in [0.15, 0.2) is 5.78 Å². The van der Waals surface area contributed by atoms with Gasteiger partial charge in [-0.2, -0.15) is 0 Å². The fourth-order valence-electron chi connectivity index (χ4n) is 4.27. The van der Waals surface area contributed by atoms with Crippen molar-refractivity contribution in [2.24, 2.45) is 0 Å². The van der Waals surface area contributed by atoms with Crippen LogP contribution in [0.3, 0.4) is 0 Å². The van der Waals surface area contributed by atoms with Gasteiger partial charge in [-0.05, 0) is 41.3 Å². The number of nitro groups is 1. The molecule has 1 aromatic heterocycles. The maximum atomic E-state index is 13.4. The molecule has 0 radical (unpaired) electrons. The highest BCUT2D eigenvalue weighted by Gasteiger charge is 2.37. The maximum Gasteiger partial charge on any atom is 0.269 e. The molecule has 0 N–H and O–H groups in total. The number of hydrogen-bond acceptors (Lipinski definition) is 5. The largest absolute Gasteiger partial charge is 0.292 e. The molecule has 4 aromatic rings. The first-order chi connectivity index (χ1) is 15.1. The zero-order valence-electron chi connectivity index (χ0n) is 16.5. The molecular weight excluding hydrogens is 392 g/mol. The lowest BCUT2D eigenvalue weighted by molar-refractivity contribution is -0.384. The van der Waals surface area contributed by atoms with Gasteiger partial charge in [-0.25, -0.2) is 4.68 Å². The Labute approximate surface area is 177 Å².